The van der Waals surface area contributed by atoms with Gasteiger partial charge in [0.25, 0.3) is 0 Å². The van der Waals surface area contributed by atoms with Gasteiger partial charge in [-0.15, -0.1) is 0 Å². The van der Waals surface area contributed by atoms with Crippen LogP contribution in [0, 0.1) is 0 Å². The van der Waals surface area contributed by atoms with Crippen LogP contribution in [0.1, 0.15) is 32.6 Å². The molecule has 0 aliphatic carbocycles. The zero-order valence-electron chi connectivity index (χ0n) is 18.3. The van der Waals surface area contributed by atoms with Gasteiger partial charge >= 0.3 is 0 Å². The van der Waals surface area contributed by atoms with Crippen molar-refractivity contribution >= 4 is 0 Å². The lowest BCUT2D eigenvalue weighted by Gasteiger charge is -2.23. The van der Waals surface area contributed by atoms with E-state index in [1.165, 1.54) is 19.3 Å². The summed E-state index contributed by atoms with van der Waals surface area (Å²) in [7, 11) is 1.67. The quantitative estimate of drug-likeness (QED) is 0.334. The summed E-state index contributed by atoms with van der Waals surface area (Å²) in [5, 5.41) is 0. The van der Waals surface area contributed by atoms with E-state index in [0.717, 1.165) is 17.9 Å². The molecule has 0 bridgehead atoms. The van der Waals surface area contributed by atoms with E-state index in [2.05, 4.69) is 6.92 Å². The highest BCUT2D eigenvalue weighted by Gasteiger charge is 2.16. The molecule has 166 valence electrons. The molecule has 2 aromatic carbocycles. The smallest absolute Gasteiger partial charge is 0.119 e. The van der Waals surface area contributed by atoms with Crippen LogP contribution in [0.15, 0.2) is 60.7 Å². The lowest BCUT2D eigenvalue weighted by atomic mass is 10.2. The third kappa shape index (κ3) is 10.6. The Hall–Kier alpha value is -2.08. The van der Waals surface area contributed by atoms with Crippen LogP contribution >= 0.6 is 0 Å². The van der Waals surface area contributed by atoms with Crippen molar-refractivity contribution in [1.29, 1.82) is 0 Å². The second kappa shape index (κ2) is 15.7. The van der Waals surface area contributed by atoms with Crippen LogP contribution in [0.5, 0.6) is 11.5 Å². The molecule has 0 N–H and O–H groups in total. The lowest BCUT2D eigenvalue weighted by molar-refractivity contribution is -0.0854. The Morgan fingerprint density at radius 3 is 1.73 bits per heavy atom. The predicted molar refractivity (Wildman–Crippen MR) is 119 cm³/mol. The number of benzene rings is 2. The molecule has 0 saturated heterocycles. The maximum Gasteiger partial charge on any atom is 0.119 e. The molecule has 0 aliphatic rings. The summed E-state index contributed by atoms with van der Waals surface area (Å²) in [5.74, 6) is 1.65. The highest BCUT2D eigenvalue weighted by Crippen LogP contribution is 2.12. The first-order chi connectivity index (χ1) is 14.8. The monoisotopic (exact) mass is 416 g/mol. The standard InChI is InChI=1S/C25H36O5/c1-3-4-5-12-17-27-25(20-29-23-15-10-7-11-16-23)21-30-24(18-26-2)19-28-22-13-8-6-9-14-22/h6-11,13-16,24-25H,3-5,12,17-21H2,1-2H3. The zero-order chi connectivity index (χ0) is 21.3. The molecule has 5 heteroatoms. The predicted octanol–water partition coefficient (Wildman–Crippen LogP) is 5.14. The summed E-state index contributed by atoms with van der Waals surface area (Å²) >= 11 is 0. The van der Waals surface area contributed by atoms with Gasteiger partial charge in [-0.2, -0.15) is 0 Å². The Bertz CT molecular complexity index is 635. The number of unbranched alkanes of at least 4 members (excludes halogenated alkanes) is 3. The van der Waals surface area contributed by atoms with Crippen molar-refractivity contribution in [2.75, 3.05) is 40.1 Å². The SMILES string of the molecule is CCCCCCOC(COc1ccccc1)COC(COC)COc1ccccc1. The van der Waals surface area contributed by atoms with Gasteiger partial charge in [0.1, 0.15) is 36.9 Å². The number of methoxy groups -OCH3 is 1. The fraction of sp³-hybridized carbons (Fsp3) is 0.520. The average molecular weight is 417 g/mol. The number of ether oxygens (including phenoxy) is 5. The van der Waals surface area contributed by atoms with Crippen molar-refractivity contribution in [3.8, 4) is 11.5 Å². The van der Waals surface area contributed by atoms with Crippen LogP contribution in [0.2, 0.25) is 0 Å². The molecule has 0 radical (unpaired) electrons. The van der Waals surface area contributed by atoms with Gasteiger partial charge in [-0.1, -0.05) is 62.6 Å². The molecule has 0 fully saturated rings. The van der Waals surface area contributed by atoms with Gasteiger partial charge in [0.2, 0.25) is 0 Å². The highest BCUT2D eigenvalue weighted by atomic mass is 16.6. The van der Waals surface area contributed by atoms with E-state index in [-0.39, 0.29) is 12.2 Å². The van der Waals surface area contributed by atoms with Crippen LogP contribution in [-0.4, -0.2) is 52.4 Å². The molecule has 0 aliphatic heterocycles. The number of hydrogen-bond donors (Lipinski definition) is 0. The van der Waals surface area contributed by atoms with E-state index < -0.39 is 0 Å². The van der Waals surface area contributed by atoms with E-state index in [4.69, 9.17) is 23.7 Å². The third-order valence-electron chi connectivity index (χ3n) is 4.58. The Morgan fingerprint density at radius 1 is 0.633 bits per heavy atom. The molecular formula is C25H36O5. The molecule has 0 aromatic heterocycles. The first kappa shape index (κ1) is 24.2. The summed E-state index contributed by atoms with van der Waals surface area (Å²) in [6.45, 7) is 4.65. The molecule has 5 nitrogen and oxygen atoms in total. The summed E-state index contributed by atoms with van der Waals surface area (Å²) in [5.41, 5.74) is 0. The Labute approximate surface area is 181 Å². The molecular weight excluding hydrogens is 380 g/mol. The number of para-hydroxylation sites is 2. The Balaban J connectivity index is 1.81. The first-order valence-electron chi connectivity index (χ1n) is 10.9. The Morgan fingerprint density at radius 2 is 1.20 bits per heavy atom. The van der Waals surface area contributed by atoms with Gasteiger partial charge in [-0.25, -0.2) is 0 Å². The maximum absolute atomic E-state index is 6.08. The Kier molecular flexibility index (Phi) is 12.7. The van der Waals surface area contributed by atoms with Crippen LogP contribution in [-0.2, 0) is 14.2 Å². The summed E-state index contributed by atoms with van der Waals surface area (Å²) in [6.07, 6.45) is 4.34. The molecule has 2 atom stereocenters. The summed E-state index contributed by atoms with van der Waals surface area (Å²) < 4.78 is 29.2. The van der Waals surface area contributed by atoms with Crippen molar-refractivity contribution < 1.29 is 23.7 Å². The van der Waals surface area contributed by atoms with Crippen molar-refractivity contribution in [2.24, 2.45) is 0 Å². The van der Waals surface area contributed by atoms with Gasteiger partial charge < -0.3 is 23.7 Å². The van der Waals surface area contributed by atoms with Crippen molar-refractivity contribution in [1.82, 2.24) is 0 Å². The van der Waals surface area contributed by atoms with Crippen LogP contribution in [0.4, 0.5) is 0 Å². The molecule has 0 heterocycles. The summed E-state index contributed by atoms with van der Waals surface area (Å²) in [6, 6.07) is 19.5. The van der Waals surface area contributed by atoms with Gasteiger partial charge in [-0.05, 0) is 30.7 Å². The second-order valence-electron chi connectivity index (χ2n) is 7.21. The minimum atomic E-state index is -0.182. The topological polar surface area (TPSA) is 46.2 Å². The molecule has 0 amide bonds. The van der Waals surface area contributed by atoms with Gasteiger partial charge in [0.05, 0.1) is 13.2 Å². The molecule has 2 unspecified atom stereocenters. The summed E-state index contributed by atoms with van der Waals surface area (Å²) in [4.78, 5) is 0. The van der Waals surface area contributed by atoms with Crippen LogP contribution in [0.3, 0.4) is 0 Å². The van der Waals surface area contributed by atoms with Crippen molar-refractivity contribution in [3.05, 3.63) is 60.7 Å². The van der Waals surface area contributed by atoms with Crippen molar-refractivity contribution in [2.45, 2.75) is 44.8 Å². The fourth-order valence-corrected chi connectivity index (χ4v) is 2.91. The van der Waals surface area contributed by atoms with E-state index in [1.54, 1.807) is 7.11 Å². The fourth-order valence-electron chi connectivity index (χ4n) is 2.91. The molecule has 2 aromatic rings. The largest absolute Gasteiger partial charge is 0.491 e. The maximum atomic E-state index is 6.08. The van der Waals surface area contributed by atoms with Crippen LogP contribution < -0.4 is 9.47 Å². The third-order valence-corrected chi connectivity index (χ3v) is 4.58. The number of rotatable bonds is 17. The van der Waals surface area contributed by atoms with Crippen LogP contribution in [0.25, 0.3) is 0 Å². The van der Waals surface area contributed by atoms with E-state index in [1.807, 2.05) is 60.7 Å². The van der Waals surface area contributed by atoms with E-state index >= 15 is 0 Å². The lowest BCUT2D eigenvalue weighted by Crippen LogP contribution is -2.34. The minimum Gasteiger partial charge on any atom is -0.491 e. The number of hydrogen-bond acceptors (Lipinski definition) is 5. The molecule has 30 heavy (non-hydrogen) atoms. The first-order valence-corrected chi connectivity index (χ1v) is 10.9. The average Bonchev–Trinajstić information content (AvgIpc) is 2.79. The molecule has 2 rings (SSSR count). The van der Waals surface area contributed by atoms with Gasteiger partial charge in [0, 0.05) is 13.7 Å². The van der Waals surface area contributed by atoms with E-state index in [9.17, 15) is 0 Å². The normalized spacial score (nSPS) is 13.0. The molecule has 0 spiro atoms. The van der Waals surface area contributed by atoms with Gasteiger partial charge in [-0.3, -0.25) is 0 Å². The molecule has 0 saturated carbocycles. The highest BCUT2D eigenvalue weighted by molar-refractivity contribution is 5.21. The minimum absolute atomic E-state index is 0.150. The van der Waals surface area contributed by atoms with Crippen molar-refractivity contribution in [3.63, 3.8) is 0 Å². The zero-order valence-corrected chi connectivity index (χ0v) is 18.3. The van der Waals surface area contributed by atoms with E-state index in [0.29, 0.717) is 33.0 Å². The van der Waals surface area contributed by atoms with Gasteiger partial charge in [0.15, 0.2) is 0 Å². The second-order valence-corrected chi connectivity index (χ2v) is 7.21.